The molecule has 2 rings (SSSR count). The van der Waals surface area contributed by atoms with Gasteiger partial charge in [0.1, 0.15) is 5.82 Å². The van der Waals surface area contributed by atoms with Crippen LogP contribution in [-0.4, -0.2) is 51.2 Å². The number of halogens is 2. The minimum absolute atomic E-state index is 0. The van der Waals surface area contributed by atoms with E-state index in [4.69, 9.17) is 0 Å². The zero-order chi connectivity index (χ0) is 15.6. The van der Waals surface area contributed by atoms with Gasteiger partial charge in [-0.15, -0.1) is 12.4 Å². The number of carbonyl (C=O) groups is 1. The quantitative estimate of drug-likeness (QED) is 0.835. The molecular weight excluding hydrogens is 331 g/mol. The molecule has 0 bridgehead atoms. The van der Waals surface area contributed by atoms with Gasteiger partial charge in [-0.2, -0.15) is 0 Å². The van der Waals surface area contributed by atoms with Gasteiger partial charge in [-0.3, -0.25) is 4.79 Å². The molecule has 124 valence electrons. The van der Waals surface area contributed by atoms with Crippen LogP contribution in [0.15, 0.2) is 23.1 Å². The summed E-state index contributed by atoms with van der Waals surface area (Å²) in [6.45, 7) is 2.99. The molecule has 0 aliphatic carbocycles. The first-order valence-corrected chi connectivity index (χ1v) is 8.52. The second kappa shape index (κ2) is 7.39. The predicted octanol–water partition coefficient (Wildman–Crippen LogP) is 1.48. The molecular formula is C14H20ClFN2O3S. The zero-order valence-electron chi connectivity index (χ0n) is 12.5. The van der Waals surface area contributed by atoms with E-state index in [0.717, 1.165) is 25.1 Å². The molecule has 0 aromatic heterocycles. The van der Waals surface area contributed by atoms with Crippen LogP contribution >= 0.6 is 12.4 Å². The molecule has 8 heteroatoms. The summed E-state index contributed by atoms with van der Waals surface area (Å²) in [6.07, 6.45) is 0.802. The highest BCUT2D eigenvalue weighted by Gasteiger charge is 2.26. The van der Waals surface area contributed by atoms with Crippen molar-refractivity contribution in [3.8, 4) is 0 Å². The normalized spacial score (nSPS) is 17.9. The molecule has 1 aromatic rings. The van der Waals surface area contributed by atoms with Crippen LogP contribution in [0, 0.1) is 5.82 Å². The van der Waals surface area contributed by atoms with Crippen molar-refractivity contribution in [2.75, 3.05) is 25.9 Å². The number of rotatable bonds is 4. The van der Waals surface area contributed by atoms with Gasteiger partial charge >= 0.3 is 0 Å². The Hall–Kier alpha value is -1.18. The Kier molecular flexibility index (Phi) is 6.34. The third-order valence-corrected chi connectivity index (χ3v) is 5.54. The highest BCUT2D eigenvalue weighted by Crippen LogP contribution is 2.19. The van der Waals surface area contributed by atoms with E-state index >= 15 is 0 Å². The second-order valence-electron chi connectivity index (χ2n) is 5.11. The third-order valence-electron chi connectivity index (χ3n) is 3.81. The van der Waals surface area contributed by atoms with Gasteiger partial charge in [0, 0.05) is 19.6 Å². The number of sulfone groups is 1. The molecule has 22 heavy (non-hydrogen) atoms. The average Bonchev–Trinajstić information content (AvgIpc) is 3.00. The van der Waals surface area contributed by atoms with Gasteiger partial charge in [-0.25, -0.2) is 12.8 Å². The maximum absolute atomic E-state index is 13.9. The van der Waals surface area contributed by atoms with Crippen molar-refractivity contribution in [3.63, 3.8) is 0 Å². The van der Waals surface area contributed by atoms with E-state index in [0.29, 0.717) is 6.54 Å². The van der Waals surface area contributed by atoms with Crippen LogP contribution in [0.25, 0.3) is 0 Å². The van der Waals surface area contributed by atoms with Crippen molar-refractivity contribution in [1.29, 1.82) is 0 Å². The Bertz CT molecular complexity index is 645. The first-order chi connectivity index (χ1) is 9.86. The third kappa shape index (κ3) is 3.77. The first kappa shape index (κ1) is 18.9. The smallest absolute Gasteiger partial charge is 0.256 e. The van der Waals surface area contributed by atoms with E-state index in [1.54, 1.807) is 7.05 Å². The molecule has 1 N–H and O–H groups in total. The van der Waals surface area contributed by atoms with Crippen molar-refractivity contribution >= 4 is 28.2 Å². The predicted molar refractivity (Wildman–Crippen MR) is 84.7 cm³/mol. The van der Waals surface area contributed by atoms with Gasteiger partial charge in [0.2, 0.25) is 0 Å². The number of nitrogens with one attached hydrogen (secondary N) is 1. The van der Waals surface area contributed by atoms with Crippen LogP contribution in [0.1, 0.15) is 23.7 Å². The van der Waals surface area contributed by atoms with Gasteiger partial charge < -0.3 is 10.2 Å². The Balaban J connectivity index is 0.00000242. The van der Waals surface area contributed by atoms with E-state index in [1.807, 2.05) is 0 Å². The van der Waals surface area contributed by atoms with Crippen molar-refractivity contribution in [1.82, 2.24) is 10.2 Å². The van der Waals surface area contributed by atoms with Crippen molar-refractivity contribution in [2.45, 2.75) is 24.3 Å². The number of nitrogens with zero attached hydrogens (tertiary/aromatic N) is 1. The summed E-state index contributed by atoms with van der Waals surface area (Å²) in [5, 5.41) is 3.14. The zero-order valence-corrected chi connectivity index (χ0v) is 14.1. The molecule has 1 heterocycles. The summed E-state index contributed by atoms with van der Waals surface area (Å²) in [6, 6.07) is 3.37. The SMILES string of the molecule is CCS(=O)(=O)c1ccc(F)c(C(=O)N(C)C2CCNC2)c1.Cl. The van der Waals surface area contributed by atoms with Gasteiger partial charge in [0.15, 0.2) is 9.84 Å². The van der Waals surface area contributed by atoms with Gasteiger partial charge in [0.05, 0.1) is 16.2 Å². The number of hydrogen-bond acceptors (Lipinski definition) is 4. The summed E-state index contributed by atoms with van der Waals surface area (Å²) < 4.78 is 37.6. The average molecular weight is 351 g/mol. The number of hydrogen-bond donors (Lipinski definition) is 1. The van der Waals surface area contributed by atoms with Crippen molar-refractivity contribution < 1.29 is 17.6 Å². The molecule has 0 spiro atoms. The van der Waals surface area contributed by atoms with Crippen LogP contribution in [0.3, 0.4) is 0 Å². The monoisotopic (exact) mass is 350 g/mol. The summed E-state index contributed by atoms with van der Waals surface area (Å²) in [5.74, 6) is -1.28. The number of likely N-dealkylation sites (N-methyl/N-ethyl adjacent to an activating group) is 1. The molecule has 1 aliphatic rings. The lowest BCUT2D eigenvalue weighted by atomic mass is 10.1. The van der Waals surface area contributed by atoms with Crippen molar-refractivity contribution in [3.05, 3.63) is 29.6 Å². The van der Waals surface area contributed by atoms with Gasteiger partial charge in [-0.1, -0.05) is 6.92 Å². The molecule has 1 unspecified atom stereocenters. The van der Waals surface area contributed by atoms with Crippen LogP contribution in [0.5, 0.6) is 0 Å². The van der Waals surface area contributed by atoms with E-state index in [2.05, 4.69) is 5.32 Å². The van der Waals surface area contributed by atoms with E-state index in [1.165, 1.54) is 17.9 Å². The lowest BCUT2D eigenvalue weighted by Gasteiger charge is -2.24. The summed E-state index contributed by atoms with van der Waals surface area (Å²) in [7, 11) is -1.85. The number of benzene rings is 1. The largest absolute Gasteiger partial charge is 0.337 e. The topological polar surface area (TPSA) is 66.5 Å². The van der Waals surface area contributed by atoms with Crippen LogP contribution < -0.4 is 5.32 Å². The highest BCUT2D eigenvalue weighted by atomic mass is 35.5. The van der Waals surface area contributed by atoms with Crippen LogP contribution in [0.2, 0.25) is 0 Å². The highest BCUT2D eigenvalue weighted by molar-refractivity contribution is 7.91. The Morgan fingerprint density at radius 2 is 2.14 bits per heavy atom. The first-order valence-electron chi connectivity index (χ1n) is 6.87. The Morgan fingerprint density at radius 3 is 2.68 bits per heavy atom. The Labute approximate surface area is 136 Å². The van der Waals surface area contributed by atoms with E-state index in [-0.39, 0.29) is 34.7 Å². The fourth-order valence-electron chi connectivity index (χ4n) is 2.35. The summed E-state index contributed by atoms with van der Waals surface area (Å²) in [5.41, 5.74) is -0.195. The number of amides is 1. The summed E-state index contributed by atoms with van der Waals surface area (Å²) in [4.78, 5) is 13.8. The van der Waals surface area contributed by atoms with Gasteiger partial charge in [0.25, 0.3) is 5.91 Å². The van der Waals surface area contributed by atoms with E-state index in [9.17, 15) is 17.6 Å². The van der Waals surface area contributed by atoms with Crippen LogP contribution in [-0.2, 0) is 9.84 Å². The maximum Gasteiger partial charge on any atom is 0.256 e. The summed E-state index contributed by atoms with van der Waals surface area (Å²) >= 11 is 0. The lowest BCUT2D eigenvalue weighted by Crippen LogP contribution is -2.38. The Morgan fingerprint density at radius 1 is 1.45 bits per heavy atom. The molecule has 1 amide bonds. The molecule has 1 fully saturated rings. The van der Waals surface area contributed by atoms with Crippen molar-refractivity contribution in [2.24, 2.45) is 0 Å². The minimum atomic E-state index is -3.47. The second-order valence-corrected chi connectivity index (χ2v) is 7.39. The number of carbonyl (C=O) groups excluding carboxylic acids is 1. The fourth-order valence-corrected chi connectivity index (χ4v) is 3.26. The molecule has 1 aromatic carbocycles. The van der Waals surface area contributed by atoms with E-state index < -0.39 is 21.6 Å². The minimum Gasteiger partial charge on any atom is -0.337 e. The molecule has 0 radical (unpaired) electrons. The molecule has 5 nitrogen and oxygen atoms in total. The standard InChI is InChI=1S/C14H19FN2O3S.ClH/c1-3-21(19,20)11-4-5-13(15)12(8-11)14(18)17(2)10-6-7-16-9-10;/h4-5,8,10,16H,3,6-7,9H2,1-2H3;1H. The molecule has 1 saturated heterocycles. The van der Waals surface area contributed by atoms with Gasteiger partial charge in [-0.05, 0) is 31.2 Å². The molecule has 1 aliphatic heterocycles. The maximum atomic E-state index is 13.9. The lowest BCUT2D eigenvalue weighted by molar-refractivity contribution is 0.0739. The molecule has 0 saturated carbocycles. The van der Waals surface area contributed by atoms with Crippen LogP contribution in [0.4, 0.5) is 4.39 Å². The fraction of sp³-hybridized carbons (Fsp3) is 0.500. The molecule has 1 atom stereocenters.